The number of halogens is 1. The molecule has 1 aromatic heterocycles. The highest BCUT2D eigenvalue weighted by Gasteiger charge is 2.21. The van der Waals surface area contributed by atoms with Gasteiger partial charge in [-0.05, 0) is 17.2 Å². The van der Waals surface area contributed by atoms with Crippen molar-refractivity contribution in [3.63, 3.8) is 0 Å². The van der Waals surface area contributed by atoms with E-state index in [4.69, 9.17) is 4.74 Å². The summed E-state index contributed by atoms with van der Waals surface area (Å²) in [6.07, 6.45) is 3.33. The van der Waals surface area contributed by atoms with Crippen molar-refractivity contribution in [2.75, 3.05) is 19.7 Å². The van der Waals surface area contributed by atoms with Crippen LogP contribution in [0.5, 0.6) is 0 Å². The van der Waals surface area contributed by atoms with Gasteiger partial charge < -0.3 is 15.4 Å². The zero-order valence-corrected chi connectivity index (χ0v) is 13.6. The van der Waals surface area contributed by atoms with Crippen LogP contribution in [0.1, 0.15) is 11.1 Å². The summed E-state index contributed by atoms with van der Waals surface area (Å²) in [5.41, 5.74) is 2.25. The van der Waals surface area contributed by atoms with Crippen molar-refractivity contribution in [2.45, 2.75) is 19.2 Å². The average Bonchev–Trinajstić information content (AvgIpc) is 3.08. The van der Waals surface area contributed by atoms with Crippen molar-refractivity contribution in [2.24, 2.45) is 0 Å². The monoisotopic (exact) mass is 336 g/mol. The Hall–Kier alpha value is -1.89. The lowest BCUT2D eigenvalue weighted by Crippen LogP contribution is -2.47. The Morgan fingerprint density at radius 2 is 2.13 bits per heavy atom. The summed E-state index contributed by atoms with van der Waals surface area (Å²) in [5, 5.41) is 10.2. The van der Waals surface area contributed by atoms with Gasteiger partial charge in [0.1, 0.15) is 6.10 Å². The molecule has 7 heteroatoms. The minimum atomic E-state index is -0.382. The van der Waals surface area contributed by atoms with Crippen molar-refractivity contribution in [1.29, 1.82) is 0 Å². The maximum absolute atomic E-state index is 12.0. The third kappa shape index (κ3) is 5.06. The summed E-state index contributed by atoms with van der Waals surface area (Å²) >= 11 is 0. The van der Waals surface area contributed by atoms with E-state index in [2.05, 4.69) is 27.9 Å². The van der Waals surface area contributed by atoms with Crippen LogP contribution in [0, 0.1) is 0 Å². The number of aromatic nitrogens is 2. The fourth-order valence-electron chi connectivity index (χ4n) is 2.38. The van der Waals surface area contributed by atoms with E-state index < -0.39 is 0 Å². The molecule has 6 nitrogen and oxygen atoms in total. The summed E-state index contributed by atoms with van der Waals surface area (Å²) in [5.74, 6) is -0.0622. The first-order valence-electron chi connectivity index (χ1n) is 7.46. The first-order chi connectivity index (χ1) is 10.8. The van der Waals surface area contributed by atoms with Gasteiger partial charge in [-0.25, -0.2) is 0 Å². The Bertz CT molecular complexity index is 595. The van der Waals surface area contributed by atoms with Crippen molar-refractivity contribution in [3.8, 4) is 0 Å². The zero-order chi connectivity index (χ0) is 15.2. The molecule has 0 bridgehead atoms. The van der Waals surface area contributed by atoms with Gasteiger partial charge in [-0.15, -0.1) is 12.4 Å². The third-order valence-corrected chi connectivity index (χ3v) is 3.61. The molecule has 2 heterocycles. The van der Waals surface area contributed by atoms with Crippen LogP contribution in [-0.4, -0.2) is 41.5 Å². The number of carbonyl (C=O) groups excluding carboxylic acids is 1. The molecule has 124 valence electrons. The molecule has 0 spiro atoms. The molecule has 1 amide bonds. The number of rotatable bonds is 5. The van der Waals surface area contributed by atoms with E-state index in [1.165, 1.54) is 5.56 Å². The van der Waals surface area contributed by atoms with Crippen LogP contribution >= 0.6 is 12.4 Å². The summed E-state index contributed by atoms with van der Waals surface area (Å²) in [6.45, 7) is 3.23. The SMILES string of the molecule is Cl.O=C(NCc1ccc(Cn2cccn2)cc1)C1CNCCO1. The van der Waals surface area contributed by atoms with Crippen LogP contribution in [0.3, 0.4) is 0 Å². The van der Waals surface area contributed by atoms with E-state index >= 15 is 0 Å². The van der Waals surface area contributed by atoms with Crippen LogP contribution in [0.25, 0.3) is 0 Å². The van der Waals surface area contributed by atoms with Gasteiger partial charge >= 0.3 is 0 Å². The lowest BCUT2D eigenvalue weighted by molar-refractivity contribution is -0.134. The van der Waals surface area contributed by atoms with Gasteiger partial charge in [0.05, 0.1) is 13.2 Å². The second-order valence-electron chi connectivity index (χ2n) is 5.30. The van der Waals surface area contributed by atoms with Crippen LogP contribution in [0.15, 0.2) is 42.7 Å². The summed E-state index contributed by atoms with van der Waals surface area (Å²) in [4.78, 5) is 12.0. The summed E-state index contributed by atoms with van der Waals surface area (Å²) < 4.78 is 7.30. The van der Waals surface area contributed by atoms with Gasteiger partial charge in [0.2, 0.25) is 0 Å². The Morgan fingerprint density at radius 1 is 1.35 bits per heavy atom. The fraction of sp³-hybridized carbons (Fsp3) is 0.375. The molecule has 0 saturated carbocycles. The third-order valence-electron chi connectivity index (χ3n) is 3.61. The van der Waals surface area contributed by atoms with Gasteiger partial charge in [0, 0.05) is 32.0 Å². The first kappa shape index (κ1) is 17.5. The number of carbonyl (C=O) groups is 1. The van der Waals surface area contributed by atoms with Crippen molar-refractivity contribution in [3.05, 3.63) is 53.9 Å². The molecule has 1 aliphatic rings. The molecule has 3 rings (SSSR count). The smallest absolute Gasteiger partial charge is 0.250 e. The number of hydrogen-bond acceptors (Lipinski definition) is 4. The Labute approximate surface area is 141 Å². The van der Waals surface area contributed by atoms with E-state index in [1.54, 1.807) is 6.20 Å². The van der Waals surface area contributed by atoms with Crippen LogP contribution in [0.4, 0.5) is 0 Å². The maximum atomic E-state index is 12.0. The van der Waals surface area contributed by atoms with Crippen molar-refractivity contribution in [1.82, 2.24) is 20.4 Å². The van der Waals surface area contributed by atoms with Crippen LogP contribution < -0.4 is 10.6 Å². The fourth-order valence-corrected chi connectivity index (χ4v) is 2.38. The molecule has 23 heavy (non-hydrogen) atoms. The number of hydrogen-bond donors (Lipinski definition) is 2. The minimum absolute atomic E-state index is 0. The molecule has 1 saturated heterocycles. The largest absolute Gasteiger partial charge is 0.366 e. The molecule has 0 radical (unpaired) electrons. The molecular formula is C16H21ClN4O2. The lowest BCUT2D eigenvalue weighted by atomic mass is 10.1. The summed E-state index contributed by atoms with van der Waals surface area (Å²) in [7, 11) is 0. The van der Waals surface area contributed by atoms with Crippen LogP contribution in [-0.2, 0) is 22.6 Å². The van der Waals surface area contributed by atoms with Gasteiger partial charge in [0.15, 0.2) is 0 Å². The number of nitrogens with one attached hydrogen (secondary N) is 2. The Balaban J connectivity index is 0.00000192. The number of nitrogens with zero attached hydrogens (tertiary/aromatic N) is 2. The molecule has 1 fully saturated rings. The zero-order valence-electron chi connectivity index (χ0n) is 12.8. The van der Waals surface area contributed by atoms with E-state index in [-0.39, 0.29) is 24.4 Å². The predicted octanol–water partition coefficient (Wildman–Crippen LogP) is 0.958. The van der Waals surface area contributed by atoms with E-state index in [1.807, 2.05) is 29.1 Å². The number of ether oxygens (including phenoxy) is 1. The average molecular weight is 337 g/mol. The van der Waals surface area contributed by atoms with E-state index in [0.29, 0.717) is 19.7 Å². The van der Waals surface area contributed by atoms with Gasteiger partial charge in [0.25, 0.3) is 5.91 Å². The van der Waals surface area contributed by atoms with Gasteiger partial charge in [-0.1, -0.05) is 24.3 Å². The molecular weight excluding hydrogens is 316 g/mol. The van der Waals surface area contributed by atoms with Crippen LogP contribution in [0.2, 0.25) is 0 Å². The normalized spacial score (nSPS) is 17.3. The predicted molar refractivity (Wildman–Crippen MR) is 89.5 cm³/mol. The minimum Gasteiger partial charge on any atom is -0.366 e. The van der Waals surface area contributed by atoms with E-state index in [9.17, 15) is 4.79 Å². The first-order valence-corrected chi connectivity index (χ1v) is 7.46. The highest BCUT2D eigenvalue weighted by Crippen LogP contribution is 2.06. The number of morpholine rings is 1. The topological polar surface area (TPSA) is 68.2 Å². The van der Waals surface area contributed by atoms with Gasteiger partial charge in [-0.2, -0.15) is 5.10 Å². The molecule has 2 aromatic rings. The molecule has 1 atom stereocenters. The second-order valence-corrected chi connectivity index (χ2v) is 5.30. The van der Waals surface area contributed by atoms with E-state index in [0.717, 1.165) is 18.7 Å². The Morgan fingerprint density at radius 3 is 2.78 bits per heavy atom. The molecule has 1 unspecified atom stereocenters. The second kappa shape index (κ2) is 8.67. The van der Waals surface area contributed by atoms with Crippen molar-refractivity contribution < 1.29 is 9.53 Å². The highest BCUT2D eigenvalue weighted by molar-refractivity contribution is 5.85. The maximum Gasteiger partial charge on any atom is 0.250 e. The summed E-state index contributed by atoms with van der Waals surface area (Å²) in [6, 6.07) is 10.1. The van der Waals surface area contributed by atoms with Gasteiger partial charge in [-0.3, -0.25) is 9.48 Å². The molecule has 2 N–H and O–H groups in total. The quantitative estimate of drug-likeness (QED) is 0.853. The molecule has 1 aromatic carbocycles. The number of amides is 1. The lowest BCUT2D eigenvalue weighted by Gasteiger charge is -2.22. The van der Waals surface area contributed by atoms with Crippen molar-refractivity contribution >= 4 is 18.3 Å². The molecule has 1 aliphatic heterocycles. The Kier molecular flexibility index (Phi) is 6.58. The molecule has 0 aliphatic carbocycles. The highest BCUT2D eigenvalue weighted by atomic mass is 35.5. The standard InChI is InChI=1S/C16H20N4O2.ClH/c21-16(15-11-17-7-9-22-15)18-10-13-2-4-14(5-3-13)12-20-8-1-6-19-20;/h1-6,8,15,17H,7,9-12H2,(H,18,21);1H. The number of benzene rings is 1.